The third kappa shape index (κ3) is 4.49. The van der Waals surface area contributed by atoms with E-state index in [4.69, 9.17) is 5.73 Å². The summed E-state index contributed by atoms with van der Waals surface area (Å²) in [7, 11) is 0. The lowest BCUT2D eigenvalue weighted by Gasteiger charge is -2.17. The van der Waals surface area contributed by atoms with Gasteiger partial charge in [-0.1, -0.05) is 0 Å². The lowest BCUT2D eigenvalue weighted by atomic mass is 10.1. The van der Waals surface area contributed by atoms with Crippen LogP contribution in [0.4, 0.5) is 0 Å². The minimum absolute atomic E-state index is 0.0611. The van der Waals surface area contributed by atoms with Gasteiger partial charge < -0.3 is 5.73 Å². The van der Waals surface area contributed by atoms with Gasteiger partial charge in [0.2, 0.25) is 0 Å². The number of nitrogens with two attached hydrogens (primary N) is 1. The molecule has 0 spiro atoms. The molecular weight excluding hydrogens is 266 g/mol. The number of thioether (sulfide) groups is 1. The Hall–Kier alpha value is 0.490. The fourth-order valence-electron chi connectivity index (χ4n) is 0.835. The fourth-order valence-corrected chi connectivity index (χ4v) is 3.79. The maximum atomic E-state index is 5.88. The number of halogens is 1. The molecule has 0 fully saturated rings. The van der Waals surface area contributed by atoms with E-state index in [1.54, 1.807) is 11.3 Å². The SMILES string of the molecule is CC(C)(N)CSCc1sccc1Br. The smallest absolute Gasteiger partial charge is 0.0322 e. The Morgan fingerprint density at radius 3 is 2.77 bits per heavy atom. The molecule has 0 radical (unpaired) electrons. The first kappa shape index (κ1) is 11.6. The average Bonchev–Trinajstić information content (AvgIpc) is 2.34. The van der Waals surface area contributed by atoms with Crippen molar-refractivity contribution in [3.05, 3.63) is 20.8 Å². The molecule has 0 aromatic carbocycles. The highest BCUT2D eigenvalue weighted by Gasteiger charge is 2.11. The highest BCUT2D eigenvalue weighted by atomic mass is 79.9. The van der Waals surface area contributed by atoms with Crippen molar-refractivity contribution in [3.63, 3.8) is 0 Å². The molecule has 74 valence electrons. The molecule has 0 saturated heterocycles. The Labute approximate surface area is 96.2 Å². The van der Waals surface area contributed by atoms with Crippen LogP contribution in [0.2, 0.25) is 0 Å². The lowest BCUT2D eigenvalue weighted by molar-refractivity contribution is 0.591. The zero-order valence-electron chi connectivity index (χ0n) is 7.84. The van der Waals surface area contributed by atoms with Crippen molar-refractivity contribution in [2.24, 2.45) is 5.73 Å². The fraction of sp³-hybridized carbons (Fsp3) is 0.556. The summed E-state index contributed by atoms with van der Waals surface area (Å²) in [5.41, 5.74) is 5.82. The van der Waals surface area contributed by atoms with Gasteiger partial charge in [0.15, 0.2) is 0 Å². The second kappa shape index (κ2) is 4.82. The quantitative estimate of drug-likeness (QED) is 0.913. The first-order valence-electron chi connectivity index (χ1n) is 4.07. The monoisotopic (exact) mass is 279 g/mol. The first-order chi connectivity index (χ1) is 5.99. The molecule has 1 heterocycles. The van der Waals surface area contributed by atoms with Crippen LogP contribution in [-0.2, 0) is 5.75 Å². The Bertz CT molecular complexity index is 265. The molecule has 13 heavy (non-hydrogen) atoms. The van der Waals surface area contributed by atoms with Gasteiger partial charge in [0.1, 0.15) is 0 Å². The van der Waals surface area contributed by atoms with Crippen LogP contribution in [-0.4, -0.2) is 11.3 Å². The van der Waals surface area contributed by atoms with E-state index < -0.39 is 0 Å². The highest BCUT2D eigenvalue weighted by molar-refractivity contribution is 9.10. The molecule has 0 unspecified atom stereocenters. The normalized spacial score (nSPS) is 12.0. The molecule has 0 saturated carbocycles. The predicted molar refractivity (Wildman–Crippen MR) is 66.4 cm³/mol. The molecule has 1 rings (SSSR count). The summed E-state index contributed by atoms with van der Waals surface area (Å²) in [6.07, 6.45) is 0. The van der Waals surface area contributed by atoms with E-state index in [1.807, 2.05) is 11.8 Å². The van der Waals surface area contributed by atoms with E-state index in [2.05, 4.69) is 41.2 Å². The van der Waals surface area contributed by atoms with Crippen molar-refractivity contribution >= 4 is 39.0 Å². The van der Waals surface area contributed by atoms with Crippen LogP contribution >= 0.6 is 39.0 Å². The maximum Gasteiger partial charge on any atom is 0.0322 e. The molecule has 4 heteroatoms. The van der Waals surface area contributed by atoms with Crippen LogP contribution in [0.1, 0.15) is 18.7 Å². The Morgan fingerprint density at radius 1 is 1.62 bits per heavy atom. The highest BCUT2D eigenvalue weighted by Crippen LogP contribution is 2.27. The average molecular weight is 280 g/mol. The van der Waals surface area contributed by atoms with Gasteiger partial charge in [0.25, 0.3) is 0 Å². The Kier molecular flexibility index (Phi) is 4.29. The summed E-state index contributed by atoms with van der Waals surface area (Å²) in [6.45, 7) is 4.12. The summed E-state index contributed by atoms with van der Waals surface area (Å²) in [5, 5.41) is 2.10. The van der Waals surface area contributed by atoms with Crippen LogP contribution in [0.5, 0.6) is 0 Å². The summed E-state index contributed by atoms with van der Waals surface area (Å²) in [5.74, 6) is 2.05. The van der Waals surface area contributed by atoms with Crippen LogP contribution in [0, 0.1) is 0 Å². The third-order valence-corrected chi connectivity index (χ3v) is 4.95. The predicted octanol–water partition coefficient (Wildman–Crippen LogP) is 3.48. The number of hydrogen-bond donors (Lipinski definition) is 1. The third-order valence-electron chi connectivity index (χ3n) is 1.40. The van der Waals surface area contributed by atoms with Gasteiger partial charge in [-0.25, -0.2) is 0 Å². The molecule has 0 atom stereocenters. The van der Waals surface area contributed by atoms with Crippen molar-refractivity contribution in [1.82, 2.24) is 0 Å². The second-order valence-corrected chi connectivity index (χ2v) is 6.51. The molecular formula is C9H14BrNS2. The van der Waals surface area contributed by atoms with E-state index in [0.29, 0.717) is 0 Å². The van der Waals surface area contributed by atoms with Crippen molar-refractivity contribution < 1.29 is 0 Å². The summed E-state index contributed by atoms with van der Waals surface area (Å²) < 4.78 is 1.22. The van der Waals surface area contributed by atoms with Crippen molar-refractivity contribution in [3.8, 4) is 0 Å². The van der Waals surface area contributed by atoms with Crippen molar-refractivity contribution in [1.29, 1.82) is 0 Å². The number of hydrogen-bond acceptors (Lipinski definition) is 3. The minimum atomic E-state index is -0.0611. The molecule has 2 N–H and O–H groups in total. The van der Waals surface area contributed by atoms with Gasteiger partial charge in [0.05, 0.1) is 0 Å². The molecule has 1 aromatic heterocycles. The van der Waals surface area contributed by atoms with Crippen LogP contribution < -0.4 is 5.73 Å². The zero-order valence-corrected chi connectivity index (χ0v) is 11.1. The van der Waals surface area contributed by atoms with Crippen LogP contribution in [0.15, 0.2) is 15.9 Å². The van der Waals surface area contributed by atoms with Gasteiger partial charge in [-0.3, -0.25) is 0 Å². The zero-order chi connectivity index (χ0) is 9.90. The van der Waals surface area contributed by atoms with E-state index >= 15 is 0 Å². The van der Waals surface area contributed by atoms with E-state index in [9.17, 15) is 0 Å². The standard InChI is InChI=1S/C9H14BrNS2/c1-9(2,11)6-12-5-8-7(10)3-4-13-8/h3-4H,5-6,11H2,1-2H3. The van der Waals surface area contributed by atoms with Crippen molar-refractivity contribution in [2.45, 2.75) is 25.1 Å². The molecule has 1 aromatic rings. The Morgan fingerprint density at radius 2 is 2.31 bits per heavy atom. The largest absolute Gasteiger partial charge is 0.325 e. The summed E-state index contributed by atoms with van der Waals surface area (Å²) >= 11 is 7.19. The van der Waals surface area contributed by atoms with Gasteiger partial charge in [-0.2, -0.15) is 11.8 Å². The van der Waals surface area contributed by atoms with E-state index in [0.717, 1.165) is 11.5 Å². The molecule has 1 nitrogen and oxygen atoms in total. The van der Waals surface area contributed by atoms with Gasteiger partial charge >= 0.3 is 0 Å². The Balaban J connectivity index is 2.32. The number of thiophene rings is 1. The van der Waals surface area contributed by atoms with E-state index in [-0.39, 0.29) is 5.54 Å². The van der Waals surface area contributed by atoms with Gasteiger partial charge in [-0.05, 0) is 41.2 Å². The molecule has 0 aliphatic carbocycles. The molecule has 0 amide bonds. The second-order valence-electron chi connectivity index (χ2n) is 3.67. The minimum Gasteiger partial charge on any atom is -0.325 e. The van der Waals surface area contributed by atoms with E-state index in [1.165, 1.54) is 9.35 Å². The maximum absolute atomic E-state index is 5.88. The van der Waals surface area contributed by atoms with Crippen LogP contribution in [0.3, 0.4) is 0 Å². The summed E-state index contributed by atoms with van der Waals surface area (Å²) in [6, 6.07) is 2.09. The van der Waals surface area contributed by atoms with Crippen LogP contribution in [0.25, 0.3) is 0 Å². The lowest BCUT2D eigenvalue weighted by Crippen LogP contribution is -2.34. The van der Waals surface area contributed by atoms with Gasteiger partial charge in [0, 0.05) is 26.4 Å². The van der Waals surface area contributed by atoms with Crippen molar-refractivity contribution in [2.75, 3.05) is 5.75 Å². The molecule has 0 bridgehead atoms. The summed E-state index contributed by atoms with van der Waals surface area (Å²) in [4.78, 5) is 1.40. The number of rotatable bonds is 4. The topological polar surface area (TPSA) is 26.0 Å². The van der Waals surface area contributed by atoms with Gasteiger partial charge in [-0.15, -0.1) is 11.3 Å². The first-order valence-corrected chi connectivity index (χ1v) is 6.90. The molecule has 0 aliphatic heterocycles. The molecule has 0 aliphatic rings.